The van der Waals surface area contributed by atoms with Crippen LogP contribution in [0.3, 0.4) is 0 Å². The molecule has 0 aliphatic carbocycles. The van der Waals surface area contributed by atoms with Crippen LogP contribution in [0.5, 0.6) is 0 Å². The molecule has 1 heterocycles. The van der Waals surface area contributed by atoms with Gasteiger partial charge in [-0.15, -0.1) is 0 Å². The van der Waals surface area contributed by atoms with Crippen molar-refractivity contribution in [3.8, 4) is 0 Å². The number of carboxylic acids is 1. The summed E-state index contributed by atoms with van der Waals surface area (Å²) in [6.45, 7) is 1.36. The lowest BCUT2D eigenvalue weighted by Crippen LogP contribution is -2.38. The Morgan fingerprint density at radius 2 is 2.38 bits per heavy atom. The Kier molecular flexibility index (Phi) is 2.58. The SMILES string of the molecule is CC(NC(=O)c1cn[nH]n1)C(=O)O. The number of carbonyl (C=O) groups excluding carboxylic acids is 1. The van der Waals surface area contributed by atoms with Crippen LogP contribution in [0.25, 0.3) is 0 Å². The first-order chi connectivity index (χ1) is 6.11. The maximum atomic E-state index is 11.1. The average molecular weight is 184 g/mol. The Morgan fingerprint density at radius 3 is 2.85 bits per heavy atom. The molecule has 0 aromatic carbocycles. The molecule has 13 heavy (non-hydrogen) atoms. The largest absolute Gasteiger partial charge is 0.480 e. The van der Waals surface area contributed by atoms with E-state index in [0.717, 1.165) is 0 Å². The van der Waals surface area contributed by atoms with Crippen LogP contribution in [0.2, 0.25) is 0 Å². The van der Waals surface area contributed by atoms with E-state index < -0.39 is 17.9 Å². The van der Waals surface area contributed by atoms with Crippen molar-refractivity contribution in [3.05, 3.63) is 11.9 Å². The first kappa shape index (κ1) is 9.17. The molecule has 0 bridgehead atoms. The Balaban J connectivity index is 2.56. The topological polar surface area (TPSA) is 108 Å². The molecule has 70 valence electrons. The molecular weight excluding hydrogens is 176 g/mol. The second kappa shape index (κ2) is 3.65. The van der Waals surface area contributed by atoms with E-state index in [9.17, 15) is 9.59 Å². The zero-order chi connectivity index (χ0) is 9.84. The standard InChI is InChI=1S/C6H8N4O3/c1-3(6(12)13)8-5(11)4-2-7-10-9-4/h2-3H,1H3,(H,8,11)(H,12,13)(H,7,9,10). The van der Waals surface area contributed by atoms with E-state index in [1.165, 1.54) is 13.1 Å². The fourth-order valence-electron chi connectivity index (χ4n) is 0.643. The van der Waals surface area contributed by atoms with Crippen molar-refractivity contribution < 1.29 is 14.7 Å². The number of nitrogens with one attached hydrogen (secondary N) is 2. The van der Waals surface area contributed by atoms with Crippen LogP contribution in [-0.2, 0) is 4.79 Å². The molecule has 0 saturated carbocycles. The van der Waals surface area contributed by atoms with Crippen LogP contribution in [0.4, 0.5) is 0 Å². The van der Waals surface area contributed by atoms with E-state index in [1.54, 1.807) is 0 Å². The van der Waals surface area contributed by atoms with Gasteiger partial charge in [0.15, 0.2) is 5.69 Å². The van der Waals surface area contributed by atoms with Crippen molar-refractivity contribution in [2.75, 3.05) is 0 Å². The van der Waals surface area contributed by atoms with E-state index >= 15 is 0 Å². The predicted octanol–water partition coefficient (Wildman–Crippen LogP) is -0.992. The number of aromatic amines is 1. The predicted molar refractivity (Wildman–Crippen MR) is 40.9 cm³/mol. The fourth-order valence-corrected chi connectivity index (χ4v) is 0.643. The number of carboxylic acid groups (broad SMARTS) is 1. The smallest absolute Gasteiger partial charge is 0.325 e. The summed E-state index contributed by atoms with van der Waals surface area (Å²) in [6.07, 6.45) is 1.21. The zero-order valence-corrected chi connectivity index (χ0v) is 6.81. The lowest BCUT2D eigenvalue weighted by atomic mass is 10.3. The molecule has 1 amide bonds. The van der Waals surface area contributed by atoms with Crippen LogP contribution in [-0.4, -0.2) is 38.4 Å². The van der Waals surface area contributed by atoms with Crippen LogP contribution < -0.4 is 5.32 Å². The van der Waals surface area contributed by atoms with Gasteiger partial charge in [0.1, 0.15) is 6.04 Å². The molecular formula is C6H8N4O3. The molecule has 0 radical (unpaired) electrons. The van der Waals surface area contributed by atoms with Gasteiger partial charge in [-0.2, -0.15) is 15.4 Å². The molecule has 1 rings (SSSR count). The van der Waals surface area contributed by atoms with Gasteiger partial charge >= 0.3 is 5.97 Å². The number of aliphatic carboxylic acids is 1. The van der Waals surface area contributed by atoms with Gasteiger partial charge in [-0.1, -0.05) is 0 Å². The third kappa shape index (κ3) is 2.26. The molecule has 3 N–H and O–H groups in total. The molecule has 0 spiro atoms. The summed E-state index contributed by atoms with van der Waals surface area (Å²) in [5.74, 6) is -1.67. The number of amides is 1. The molecule has 0 aliphatic rings. The number of hydrogen-bond donors (Lipinski definition) is 3. The number of hydrogen-bond acceptors (Lipinski definition) is 4. The highest BCUT2D eigenvalue weighted by molar-refractivity contribution is 5.94. The van der Waals surface area contributed by atoms with Crippen molar-refractivity contribution in [1.82, 2.24) is 20.7 Å². The van der Waals surface area contributed by atoms with Gasteiger partial charge in [-0.25, -0.2) is 0 Å². The zero-order valence-electron chi connectivity index (χ0n) is 6.81. The van der Waals surface area contributed by atoms with Crippen molar-refractivity contribution in [2.45, 2.75) is 13.0 Å². The monoisotopic (exact) mass is 184 g/mol. The number of aromatic nitrogens is 3. The summed E-state index contributed by atoms with van der Waals surface area (Å²) < 4.78 is 0. The first-order valence-electron chi connectivity index (χ1n) is 3.50. The van der Waals surface area contributed by atoms with Crippen molar-refractivity contribution in [1.29, 1.82) is 0 Å². The van der Waals surface area contributed by atoms with Crippen LogP contribution in [0.1, 0.15) is 17.4 Å². The fraction of sp³-hybridized carbons (Fsp3) is 0.333. The number of rotatable bonds is 3. The first-order valence-corrected chi connectivity index (χ1v) is 3.50. The van der Waals surface area contributed by atoms with E-state index in [0.29, 0.717) is 0 Å². The quantitative estimate of drug-likeness (QED) is 0.558. The summed E-state index contributed by atoms with van der Waals surface area (Å²) in [4.78, 5) is 21.5. The summed E-state index contributed by atoms with van der Waals surface area (Å²) in [6, 6.07) is -0.941. The van der Waals surface area contributed by atoms with Gasteiger partial charge in [-0.3, -0.25) is 9.59 Å². The molecule has 7 nitrogen and oxygen atoms in total. The second-order valence-corrected chi connectivity index (χ2v) is 2.39. The van der Waals surface area contributed by atoms with Crippen LogP contribution in [0, 0.1) is 0 Å². The summed E-state index contributed by atoms with van der Waals surface area (Å²) in [5.41, 5.74) is 0.0631. The number of carbonyl (C=O) groups is 2. The summed E-state index contributed by atoms with van der Waals surface area (Å²) in [5, 5.41) is 19.8. The third-order valence-electron chi connectivity index (χ3n) is 1.37. The molecule has 0 fully saturated rings. The van der Waals surface area contributed by atoms with Gasteiger partial charge in [0.2, 0.25) is 0 Å². The molecule has 7 heteroatoms. The number of H-pyrrole nitrogens is 1. The van der Waals surface area contributed by atoms with Gasteiger partial charge in [0.05, 0.1) is 6.20 Å². The van der Waals surface area contributed by atoms with E-state index in [2.05, 4.69) is 20.7 Å². The lowest BCUT2D eigenvalue weighted by molar-refractivity contribution is -0.138. The highest BCUT2D eigenvalue weighted by Gasteiger charge is 2.16. The molecule has 1 unspecified atom stereocenters. The highest BCUT2D eigenvalue weighted by Crippen LogP contribution is 1.90. The van der Waals surface area contributed by atoms with Crippen molar-refractivity contribution >= 4 is 11.9 Å². The number of nitrogens with zero attached hydrogens (tertiary/aromatic N) is 2. The third-order valence-corrected chi connectivity index (χ3v) is 1.37. The van der Waals surface area contributed by atoms with Crippen LogP contribution in [0.15, 0.2) is 6.20 Å². The van der Waals surface area contributed by atoms with Gasteiger partial charge in [0.25, 0.3) is 5.91 Å². The Labute approximate surface area is 73.1 Å². The lowest BCUT2D eigenvalue weighted by Gasteiger charge is -2.06. The van der Waals surface area contributed by atoms with E-state index in [4.69, 9.17) is 5.11 Å². The van der Waals surface area contributed by atoms with Crippen molar-refractivity contribution in [2.24, 2.45) is 0 Å². The molecule has 1 aromatic heterocycles. The van der Waals surface area contributed by atoms with Gasteiger partial charge in [0, 0.05) is 0 Å². The minimum absolute atomic E-state index is 0.0631. The molecule has 1 atom stereocenters. The van der Waals surface area contributed by atoms with Crippen molar-refractivity contribution in [3.63, 3.8) is 0 Å². The molecule has 0 saturated heterocycles. The molecule has 1 aromatic rings. The second-order valence-electron chi connectivity index (χ2n) is 2.39. The summed E-state index contributed by atoms with van der Waals surface area (Å²) >= 11 is 0. The highest BCUT2D eigenvalue weighted by atomic mass is 16.4. The minimum Gasteiger partial charge on any atom is -0.480 e. The summed E-state index contributed by atoms with van der Waals surface area (Å²) in [7, 11) is 0. The minimum atomic E-state index is -1.10. The van der Waals surface area contributed by atoms with E-state index in [1.807, 2.05) is 0 Å². The Morgan fingerprint density at radius 1 is 1.69 bits per heavy atom. The maximum absolute atomic E-state index is 11.1. The van der Waals surface area contributed by atoms with E-state index in [-0.39, 0.29) is 5.69 Å². The van der Waals surface area contributed by atoms with Crippen LogP contribution >= 0.6 is 0 Å². The Hall–Kier alpha value is -1.92. The Bertz CT molecular complexity index is 308. The maximum Gasteiger partial charge on any atom is 0.325 e. The van der Waals surface area contributed by atoms with Gasteiger partial charge < -0.3 is 10.4 Å². The normalized spacial score (nSPS) is 12.1. The van der Waals surface area contributed by atoms with Gasteiger partial charge in [-0.05, 0) is 6.92 Å². The average Bonchev–Trinajstić information content (AvgIpc) is 2.55. The molecule has 0 aliphatic heterocycles.